The van der Waals surface area contributed by atoms with Crippen LogP contribution in [0.4, 0.5) is 14.5 Å². The van der Waals surface area contributed by atoms with Crippen molar-refractivity contribution in [3.05, 3.63) is 53.9 Å². The van der Waals surface area contributed by atoms with Gasteiger partial charge in [0.15, 0.2) is 0 Å². The van der Waals surface area contributed by atoms with Gasteiger partial charge in [-0.05, 0) is 24.3 Å². The van der Waals surface area contributed by atoms with Gasteiger partial charge in [-0.2, -0.15) is 0 Å². The van der Waals surface area contributed by atoms with Gasteiger partial charge in [0.25, 0.3) is 10.0 Å². The molecule has 20 heavy (non-hydrogen) atoms. The molecule has 2 aromatic rings. The molecule has 0 aliphatic carbocycles. The molecule has 0 radical (unpaired) electrons. The van der Waals surface area contributed by atoms with E-state index in [0.29, 0.717) is 5.69 Å². The first-order valence-corrected chi connectivity index (χ1v) is 7.03. The van der Waals surface area contributed by atoms with Gasteiger partial charge >= 0.3 is 0 Å². The van der Waals surface area contributed by atoms with Gasteiger partial charge in [0, 0.05) is 18.8 Å². The average Bonchev–Trinajstić information content (AvgIpc) is 2.43. The number of aromatic nitrogens is 1. The Morgan fingerprint density at radius 3 is 2.55 bits per heavy atom. The Bertz CT molecular complexity index is 718. The molecule has 0 atom stereocenters. The molecule has 3 N–H and O–H groups in total. The van der Waals surface area contributed by atoms with Crippen molar-refractivity contribution in [2.75, 3.05) is 4.72 Å². The van der Waals surface area contributed by atoms with Gasteiger partial charge in [-0.25, -0.2) is 17.2 Å². The maximum atomic E-state index is 13.4. The van der Waals surface area contributed by atoms with Crippen LogP contribution in [0.5, 0.6) is 0 Å². The highest BCUT2D eigenvalue weighted by Gasteiger charge is 2.17. The minimum absolute atomic E-state index is 0.168. The molecular formula is C12H11F2N3O2S. The zero-order valence-electron chi connectivity index (χ0n) is 10.2. The smallest absolute Gasteiger partial charge is 0.263 e. The lowest BCUT2D eigenvalue weighted by molar-refractivity contribution is 0.594. The van der Waals surface area contributed by atoms with Crippen molar-refractivity contribution in [2.45, 2.75) is 11.4 Å². The summed E-state index contributed by atoms with van der Waals surface area (Å²) in [4.78, 5) is 3.66. The molecular weight excluding hydrogens is 288 g/mol. The lowest BCUT2D eigenvalue weighted by Crippen LogP contribution is -2.15. The predicted molar refractivity (Wildman–Crippen MR) is 69.3 cm³/mol. The molecule has 106 valence electrons. The van der Waals surface area contributed by atoms with Crippen LogP contribution in [-0.2, 0) is 16.6 Å². The summed E-state index contributed by atoms with van der Waals surface area (Å²) < 4.78 is 52.4. The van der Waals surface area contributed by atoms with Crippen molar-refractivity contribution in [3.8, 4) is 0 Å². The second-order valence-corrected chi connectivity index (χ2v) is 5.60. The van der Waals surface area contributed by atoms with Gasteiger partial charge in [0.05, 0.1) is 11.4 Å². The molecule has 0 spiro atoms. The zero-order valence-corrected chi connectivity index (χ0v) is 11.0. The van der Waals surface area contributed by atoms with Crippen molar-refractivity contribution >= 4 is 15.7 Å². The third-order valence-electron chi connectivity index (χ3n) is 2.49. The van der Waals surface area contributed by atoms with E-state index >= 15 is 0 Å². The Kier molecular flexibility index (Phi) is 3.96. The second kappa shape index (κ2) is 5.51. The van der Waals surface area contributed by atoms with Gasteiger partial charge in [0.1, 0.15) is 16.5 Å². The average molecular weight is 299 g/mol. The van der Waals surface area contributed by atoms with Gasteiger partial charge < -0.3 is 5.73 Å². The molecule has 0 fully saturated rings. The van der Waals surface area contributed by atoms with Crippen molar-refractivity contribution in [1.82, 2.24) is 4.98 Å². The highest BCUT2D eigenvalue weighted by atomic mass is 32.2. The number of sulfonamides is 1. The summed E-state index contributed by atoms with van der Waals surface area (Å²) in [6.07, 6.45) is 1.10. The van der Waals surface area contributed by atoms with E-state index in [1.165, 1.54) is 12.1 Å². The van der Waals surface area contributed by atoms with Gasteiger partial charge in [0.2, 0.25) is 0 Å². The van der Waals surface area contributed by atoms with Crippen LogP contribution in [-0.4, -0.2) is 13.4 Å². The maximum absolute atomic E-state index is 13.4. The number of benzene rings is 1. The Balaban J connectivity index is 2.32. The number of hydrogen-bond acceptors (Lipinski definition) is 4. The summed E-state index contributed by atoms with van der Waals surface area (Å²) >= 11 is 0. The van der Waals surface area contributed by atoms with E-state index < -0.39 is 27.3 Å². The fourth-order valence-corrected chi connectivity index (χ4v) is 2.47. The standard InChI is InChI=1S/C12H11F2N3O2S/c13-8-1-4-11(14)12(5-8)17-20(18,19)10-3-2-9(6-15)16-7-10/h1-5,7,17H,6,15H2. The van der Waals surface area contributed by atoms with Gasteiger partial charge in [-0.15, -0.1) is 0 Å². The third kappa shape index (κ3) is 3.09. The molecule has 5 nitrogen and oxygen atoms in total. The minimum atomic E-state index is -4.04. The second-order valence-electron chi connectivity index (χ2n) is 3.92. The summed E-state index contributed by atoms with van der Waals surface area (Å²) in [5.74, 6) is -1.62. The monoisotopic (exact) mass is 299 g/mol. The van der Waals surface area contributed by atoms with E-state index in [9.17, 15) is 17.2 Å². The van der Waals surface area contributed by atoms with Crippen LogP contribution in [0.2, 0.25) is 0 Å². The Hall–Kier alpha value is -2.06. The van der Waals surface area contributed by atoms with Crippen LogP contribution in [0, 0.1) is 11.6 Å². The maximum Gasteiger partial charge on any atom is 0.263 e. The van der Waals surface area contributed by atoms with Crippen LogP contribution < -0.4 is 10.5 Å². The number of nitrogens with zero attached hydrogens (tertiary/aromatic N) is 1. The van der Waals surface area contributed by atoms with Gasteiger partial charge in [-0.3, -0.25) is 9.71 Å². The lowest BCUT2D eigenvalue weighted by atomic mass is 10.3. The summed E-state index contributed by atoms with van der Waals surface area (Å²) in [7, 11) is -4.04. The van der Waals surface area contributed by atoms with E-state index in [1.807, 2.05) is 4.72 Å². The third-order valence-corrected chi connectivity index (χ3v) is 3.84. The molecule has 0 aliphatic heterocycles. The fourth-order valence-electron chi connectivity index (χ4n) is 1.47. The number of halogens is 2. The minimum Gasteiger partial charge on any atom is -0.325 e. The largest absolute Gasteiger partial charge is 0.325 e. The van der Waals surface area contributed by atoms with E-state index in [0.717, 1.165) is 24.4 Å². The van der Waals surface area contributed by atoms with Crippen LogP contribution >= 0.6 is 0 Å². The molecule has 0 saturated heterocycles. The first kappa shape index (κ1) is 14.4. The first-order chi connectivity index (χ1) is 9.42. The van der Waals surface area contributed by atoms with E-state index in [-0.39, 0.29) is 11.4 Å². The molecule has 0 bridgehead atoms. The molecule has 0 aliphatic rings. The molecule has 1 aromatic heterocycles. The topological polar surface area (TPSA) is 85.1 Å². The normalized spacial score (nSPS) is 11.3. The number of pyridine rings is 1. The Morgan fingerprint density at radius 2 is 1.95 bits per heavy atom. The Morgan fingerprint density at radius 1 is 1.20 bits per heavy atom. The summed E-state index contributed by atoms with van der Waals surface area (Å²) in [6.45, 7) is 0.173. The number of nitrogens with one attached hydrogen (secondary N) is 1. The molecule has 0 saturated carbocycles. The van der Waals surface area contributed by atoms with Crippen LogP contribution in [0.3, 0.4) is 0 Å². The molecule has 2 rings (SSSR count). The van der Waals surface area contributed by atoms with E-state index in [2.05, 4.69) is 4.98 Å². The highest BCUT2D eigenvalue weighted by Crippen LogP contribution is 2.19. The molecule has 8 heteroatoms. The van der Waals surface area contributed by atoms with Gasteiger partial charge in [-0.1, -0.05) is 0 Å². The summed E-state index contributed by atoms with van der Waals surface area (Å²) in [6, 6.07) is 5.22. The predicted octanol–water partition coefficient (Wildman–Crippen LogP) is 1.62. The molecule has 0 amide bonds. The SMILES string of the molecule is NCc1ccc(S(=O)(=O)Nc2cc(F)ccc2F)cn1. The fraction of sp³-hybridized carbons (Fsp3) is 0.0833. The lowest BCUT2D eigenvalue weighted by Gasteiger charge is -2.09. The summed E-state index contributed by atoms with van der Waals surface area (Å²) in [5.41, 5.74) is 5.40. The zero-order chi connectivity index (χ0) is 14.8. The van der Waals surface area contributed by atoms with E-state index in [1.54, 1.807) is 0 Å². The molecule has 1 aromatic carbocycles. The van der Waals surface area contributed by atoms with Crippen molar-refractivity contribution < 1.29 is 17.2 Å². The van der Waals surface area contributed by atoms with E-state index in [4.69, 9.17) is 5.73 Å². The highest BCUT2D eigenvalue weighted by molar-refractivity contribution is 7.92. The number of hydrogen-bond donors (Lipinski definition) is 2. The van der Waals surface area contributed by atoms with Crippen LogP contribution in [0.1, 0.15) is 5.69 Å². The van der Waals surface area contributed by atoms with Crippen molar-refractivity contribution in [1.29, 1.82) is 0 Å². The van der Waals surface area contributed by atoms with Crippen molar-refractivity contribution in [2.24, 2.45) is 5.73 Å². The Labute approximate surface area is 114 Å². The van der Waals surface area contributed by atoms with Crippen LogP contribution in [0.25, 0.3) is 0 Å². The number of nitrogens with two attached hydrogens (primary N) is 1. The molecule has 0 unspecified atom stereocenters. The quantitative estimate of drug-likeness (QED) is 0.898. The molecule has 1 heterocycles. The van der Waals surface area contributed by atoms with Crippen LogP contribution in [0.15, 0.2) is 41.4 Å². The first-order valence-electron chi connectivity index (χ1n) is 5.55. The number of anilines is 1. The number of rotatable bonds is 4. The summed E-state index contributed by atoms with van der Waals surface area (Å²) in [5, 5.41) is 0. The van der Waals surface area contributed by atoms with Crippen molar-refractivity contribution in [3.63, 3.8) is 0 Å².